The number of anilines is 2. The van der Waals surface area contributed by atoms with Crippen molar-refractivity contribution in [1.82, 2.24) is 5.01 Å². The maximum absolute atomic E-state index is 12.9. The summed E-state index contributed by atoms with van der Waals surface area (Å²) in [7, 11) is 0. The van der Waals surface area contributed by atoms with Crippen molar-refractivity contribution in [3.05, 3.63) is 58.0 Å². The Hall–Kier alpha value is -2.78. The largest absolute Gasteiger partial charge is 0.324 e. The molecule has 142 valence electrons. The van der Waals surface area contributed by atoms with Crippen LogP contribution in [0.3, 0.4) is 0 Å². The molecule has 3 amide bonds. The number of halogens is 2. The van der Waals surface area contributed by atoms with Gasteiger partial charge in [-0.2, -0.15) is 5.11 Å². The van der Waals surface area contributed by atoms with Crippen LogP contribution in [0.4, 0.5) is 11.4 Å². The van der Waals surface area contributed by atoms with E-state index >= 15 is 0 Å². The summed E-state index contributed by atoms with van der Waals surface area (Å²) in [6.07, 6.45) is 0. The Morgan fingerprint density at radius 2 is 1.89 bits per heavy atom. The molecule has 2 atom stereocenters. The van der Waals surface area contributed by atoms with Crippen molar-refractivity contribution in [3.63, 3.8) is 0 Å². The van der Waals surface area contributed by atoms with Gasteiger partial charge in [-0.3, -0.25) is 19.4 Å². The number of nitrogens with zero attached hydrogens (tertiary/aromatic N) is 4. The number of carbonyl (C=O) groups excluding carboxylic acids is 3. The van der Waals surface area contributed by atoms with Gasteiger partial charge in [0.05, 0.1) is 5.69 Å². The normalized spacial score (nSPS) is 20.6. The van der Waals surface area contributed by atoms with Crippen molar-refractivity contribution in [2.24, 2.45) is 10.3 Å². The van der Waals surface area contributed by atoms with Crippen LogP contribution in [0, 0.1) is 0 Å². The molecule has 0 radical (unpaired) electrons. The first kappa shape index (κ1) is 18.6. The molecule has 0 unspecified atom stereocenters. The molecule has 4 rings (SSSR count). The van der Waals surface area contributed by atoms with Crippen molar-refractivity contribution in [2.75, 3.05) is 16.8 Å². The average molecular weight is 463 g/mol. The standard InChI is InChI=1S/C18H13BrClN5O3/c19-10-2-1-3-13(8-10)25-17(27)15-16(18(25)28)24(23-22-15)9-14(26)21-12-6-4-11(20)5-7-12/h1-8,15-16H,9H2,(H,21,26)/t15-,16-/m0/s1. The zero-order chi connectivity index (χ0) is 19.8. The van der Waals surface area contributed by atoms with E-state index in [2.05, 4.69) is 31.6 Å². The second-order valence-corrected chi connectivity index (χ2v) is 7.59. The molecule has 1 fully saturated rings. The molecule has 8 nitrogen and oxygen atoms in total. The Balaban J connectivity index is 1.49. The molecule has 2 heterocycles. The molecule has 28 heavy (non-hydrogen) atoms. The smallest absolute Gasteiger partial charge is 0.263 e. The molecule has 0 aliphatic carbocycles. The minimum atomic E-state index is -0.949. The van der Waals surface area contributed by atoms with E-state index in [1.54, 1.807) is 48.5 Å². The molecule has 2 aromatic rings. The summed E-state index contributed by atoms with van der Waals surface area (Å²) in [5.74, 6) is -1.31. The third kappa shape index (κ3) is 3.38. The van der Waals surface area contributed by atoms with E-state index in [1.807, 2.05) is 0 Å². The maximum Gasteiger partial charge on any atom is 0.263 e. The van der Waals surface area contributed by atoms with Crippen molar-refractivity contribution >= 4 is 56.6 Å². The van der Waals surface area contributed by atoms with Crippen LogP contribution in [0.25, 0.3) is 0 Å². The number of carbonyl (C=O) groups is 3. The zero-order valence-electron chi connectivity index (χ0n) is 14.3. The van der Waals surface area contributed by atoms with Crippen LogP contribution in [0.1, 0.15) is 0 Å². The maximum atomic E-state index is 12.9. The Kier molecular flexibility index (Phi) is 4.86. The number of benzene rings is 2. The molecule has 2 aliphatic rings. The number of fused-ring (bicyclic) bond motifs is 1. The first-order valence-corrected chi connectivity index (χ1v) is 9.47. The Morgan fingerprint density at radius 3 is 2.61 bits per heavy atom. The van der Waals surface area contributed by atoms with Crippen molar-refractivity contribution in [3.8, 4) is 0 Å². The Morgan fingerprint density at radius 1 is 1.14 bits per heavy atom. The van der Waals surface area contributed by atoms with E-state index in [0.717, 1.165) is 9.37 Å². The molecule has 1 saturated heterocycles. The van der Waals surface area contributed by atoms with E-state index < -0.39 is 23.9 Å². The fourth-order valence-electron chi connectivity index (χ4n) is 3.10. The highest BCUT2D eigenvalue weighted by atomic mass is 79.9. The lowest BCUT2D eigenvalue weighted by molar-refractivity contribution is -0.123. The van der Waals surface area contributed by atoms with Gasteiger partial charge < -0.3 is 5.32 Å². The van der Waals surface area contributed by atoms with Crippen molar-refractivity contribution < 1.29 is 14.4 Å². The number of hydrogen-bond donors (Lipinski definition) is 1. The minimum absolute atomic E-state index is 0.210. The molecule has 2 aromatic carbocycles. The number of amides is 3. The second kappa shape index (κ2) is 7.33. The molecule has 0 saturated carbocycles. The van der Waals surface area contributed by atoms with Crippen LogP contribution in [-0.2, 0) is 14.4 Å². The molecule has 0 spiro atoms. The average Bonchev–Trinajstić information content (AvgIpc) is 3.17. The van der Waals surface area contributed by atoms with Gasteiger partial charge in [0, 0.05) is 15.2 Å². The lowest BCUT2D eigenvalue weighted by Gasteiger charge is -2.20. The molecule has 0 aromatic heterocycles. The van der Waals surface area contributed by atoms with Gasteiger partial charge in [-0.1, -0.05) is 38.8 Å². The number of hydrogen-bond acceptors (Lipinski definition) is 6. The Labute approximate surface area is 173 Å². The summed E-state index contributed by atoms with van der Waals surface area (Å²) < 4.78 is 0.739. The van der Waals surface area contributed by atoms with E-state index in [0.29, 0.717) is 16.4 Å². The molecular formula is C18H13BrClN5O3. The topological polar surface area (TPSA) is 94.4 Å². The molecular weight excluding hydrogens is 450 g/mol. The third-order valence-electron chi connectivity index (χ3n) is 4.36. The second-order valence-electron chi connectivity index (χ2n) is 6.24. The minimum Gasteiger partial charge on any atom is -0.324 e. The molecule has 0 bridgehead atoms. The first-order valence-electron chi connectivity index (χ1n) is 8.30. The summed E-state index contributed by atoms with van der Waals surface area (Å²) in [4.78, 5) is 38.9. The predicted octanol–water partition coefficient (Wildman–Crippen LogP) is 3.03. The number of nitrogens with one attached hydrogen (secondary N) is 1. The highest BCUT2D eigenvalue weighted by molar-refractivity contribution is 9.10. The summed E-state index contributed by atoms with van der Waals surface area (Å²) in [6.45, 7) is -0.210. The van der Waals surface area contributed by atoms with Crippen LogP contribution < -0.4 is 10.2 Å². The Bertz CT molecular complexity index is 997. The van der Waals surface area contributed by atoms with Gasteiger partial charge in [0.25, 0.3) is 11.8 Å². The summed E-state index contributed by atoms with van der Waals surface area (Å²) in [6, 6.07) is 11.6. The molecule has 2 aliphatic heterocycles. The lowest BCUT2D eigenvalue weighted by atomic mass is 10.1. The fraction of sp³-hybridized carbons (Fsp3) is 0.167. The SMILES string of the molecule is O=C(CN1N=N[C@@H]2C(=O)N(c3cccc(Br)c3)C(=O)[C@H]21)Nc1ccc(Cl)cc1. The van der Waals surface area contributed by atoms with Gasteiger partial charge >= 0.3 is 0 Å². The van der Waals surface area contributed by atoms with Crippen LogP contribution in [0.5, 0.6) is 0 Å². The van der Waals surface area contributed by atoms with Crippen molar-refractivity contribution in [2.45, 2.75) is 12.1 Å². The quantitative estimate of drug-likeness (QED) is 0.707. The third-order valence-corrected chi connectivity index (χ3v) is 5.10. The number of imide groups is 1. The van der Waals surface area contributed by atoms with Gasteiger partial charge in [-0.25, -0.2) is 4.90 Å². The highest BCUT2D eigenvalue weighted by Crippen LogP contribution is 2.32. The monoisotopic (exact) mass is 461 g/mol. The summed E-state index contributed by atoms with van der Waals surface area (Å²) >= 11 is 9.15. The molecule has 1 N–H and O–H groups in total. The van der Waals surface area contributed by atoms with Gasteiger partial charge in [0.15, 0.2) is 12.1 Å². The van der Waals surface area contributed by atoms with E-state index in [1.165, 1.54) is 5.01 Å². The highest BCUT2D eigenvalue weighted by Gasteiger charge is 2.55. The predicted molar refractivity (Wildman–Crippen MR) is 106 cm³/mol. The van der Waals surface area contributed by atoms with E-state index in [9.17, 15) is 14.4 Å². The summed E-state index contributed by atoms with van der Waals surface area (Å²) in [5.41, 5.74) is 1.01. The van der Waals surface area contributed by atoms with Gasteiger partial charge in [0.2, 0.25) is 5.91 Å². The summed E-state index contributed by atoms with van der Waals surface area (Å²) in [5, 5.41) is 12.3. The number of rotatable bonds is 4. The zero-order valence-corrected chi connectivity index (χ0v) is 16.6. The van der Waals surface area contributed by atoms with Gasteiger partial charge in [-0.05, 0) is 42.5 Å². The lowest BCUT2D eigenvalue weighted by Crippen LogP contribution is -2.43. The van der Waals surface area contributed by atoms with Gasteiger partial charge in [-0.15, -0.1) is 0 Å². The van der Waals surface area contributed by atoms with Crippen LogP contribution in [0.2, 0.25) is 5.02 Å². The van der Waals surface area contributed by atoms with E-state index in [4.69, 9.17) is 11.6 Å². The van der Waals surface area contributed by atoms with Crippen molar-refractivity contribution in [1.29, 1.82) is 0 Å². The van der Waals surface area contributed by atoms with Gasteiger partial charge in [0.1, 0.15) is 6.54 Å². The van der Waals surface area contributed by atoms with Crippen LogP contribution in [-0.4, -0.2) is 41.4 Å². The first-order chi connectivity index (χ1) is 13.4. The molecule has 10 heteroatoms. The van der Waals surface area contributed by atoms with Crippen LogP contribution in [0.15, 0.2) is 63.3 Å². The fourth-order valence-corrected chi connectivity index (χ4v) is 3.62. The van der Waals surface area contributed by atoms with Crippen LogP contribution >= 0.6 is 27.5 Å². The van der Waals surface area contributed by atoms with E-state index in [-0.39, 0.29) is 12.5 Å².